The molecule has 0 aliphatic carbocycles. The highest BCUT2D eigenvalue weighted by Crippen LogP contribution is 2.17. The van der Waals surface area contributed by atoms with Crippen molar-refractivity contribution in [2.24, 2.45) is 0 Å². The second-order valence-corrected chi connectivity index (χ2v) is 2.48. The maximum absolute atomic E-state index is 10.5. The number of carbonyl (C=O) groups is 1. The highest BCUT2D eigenvalue weighted by molar-refractivity contribution is 5.72. The van der Waals surface area contributed by atoms with Gasteiger partial charge in [0.2, 0.25) is 0 Å². The summed E-state index contributed by atoms with van der Waals surface area (Å²) in [6, 6.07) is 0. The molecule has 1 rings (SSSR count). The fraction of sp³-hybridized carbons (Fsp3) is 0.625. The van der Waals surface area contributed by atoms with E-state index in [9.17, 15) is 4.79 Å². The summed E-state index contributed by atoms with van der Waals surface area (Å²) < 4.78 is 10.1. The van der Waals surface area contributed by atoms with Gasteiger partial charge < -0.3 is 14.6 Å². The zero-order valence-electron chi connectivity index (χ0n) is 6.95. The van der Waals surface area contributed by atoms with Crippen LogP contribution >= 0.6 is 0 Å². The lowest BCUT2D eigenvalue weighted by Crippen LogP contribution is -2.26. The Kier molecular flexibility index (Phi) is 2.96. The molecule has 0 saturated heterocycles. The van der Waals surface area contributed by atoms with E-state index in [1.165, 1.54) is 0 Å². The van der Waals surface area contributed by atoms with Gasteiger partial charge in [0.1, 0.15) is 0 Å². The minimum absolute atomic E-state index is 0.344. The monoisotopic (exact) mass is 172 g/mol. The van der Waals surface area contributed by atoms with Crippen LogP contribution in [0.15, 0.2) is 12.0 Å². The number of allylic oxidation sites excluding steroid dienone is 1. The van der Waals surface area contributed by atoms with Gasteiger partial charge in [0.05, 0.1) is 6.61 Å². The number of ether oxygens (including phenoxy) is 2. The van der Waals surface area contributed by atoms with E-state index < -0.39 is 12.1 Å². The second kappa shape index (κ2) is 3.99. The lowest BCUT2D eigenvalue weighted by molar-refractivity contribution is -0.152. The Labute approximate surface area is 70.8 Å². The van der Waals surface area contributed by atoms with Crippen LogP contribution in [-0.2, 0) is 14.3 Å². The summed E-state index contributed by atoms with van der Waals surface area (Å²) in [6.07, 6.45) is 2.25. The van der Waals surface area contributed by atoms with E-state index in [4.69, 9.17) is 14.6 Å². The van der Waals surface area contributed by atoms with Gasteiger partial charge in [0.25, 0.3) is 5.95 Å². The third kappa shape index (κ3) is 2.15. The first-order valence-electron chi connectivity index (χ1n) is 3.96. The molecular weight excluding hydrogens is 160 g/mol. The van der Waals surface area contributed by atoms with Crippen molar-refractivity contribution in [3.05, 3.63) is 12.0 Å². The van der Waals surface area contributed by atoms with Gasteiger partial charge in [-0.3, -0.25) is 0 Å². The molecule has 0 radical (unpaired) electrons. The van der Waals surface area contributed by atoms with Gasteiger partial charge in [-0.2, -0.15) is 0 Å². The van der Waals surface area contributed by atoms with Crippen LogP contribution in [0.2, 0.25) is 0 Å². The molecule has 0 aromatic rings. The maximum Gasteiger partial charge on any atom is 0.345 e. The molecular formula is C8H12O4. The molecule has 0 saturated carbocycles. The van der Waals surface area contributed by atoms with Crippen LogP contribution in [0, 0.1) is 0 Å². The van der Waals surface area contributed by atoms with Crippen LogP contribution < -0.4 is 0 Å². The minimum atomic E-state index is -0.930. The normalized spacial score (nSPS) is 22.4. The fourth-order valence-corrected chi connectivity index (χ4v) is 1.01. The molecule has 0 spiro atoms. The Bertz CT molecular complexity index is 197. The summed E-state index contributed by atoms with van der Waals surface area (Å²) in [7, 11) is 0. The molecule has 1 heterocycles. The first-order chi connectivity index (χ1) is 5.74. The van der Waals surface area contributed by atoms with Crippen LogP contribution in [0.4, 0.5) is 0 Å². The van der Waals surface area contributed by atoms with E-state index in [2.05, 4.69) is 0 Å². The van der Waals surface area contributed by atoms with E-state index in [1.807, 2.05) is 6.92 Å². The summed E-state index contributed by atoms with van der Waals surface area (Å²) in [5, 5.41) is 8.62. The predicted molar refractivity (Wildman–Crippen MR) is 41.5 cm³/mol. The zero-order chi connectivity index (χ0) is 8.97. The molecule has 0 aromatic heterocycles. The van der Waals surface area contributed by atoms with Crippen molar-refractivity contribution < 1.29 is 19.4 Å². The summed E-state index contributed by atoms with van der Waals surface area (Å²) in [6.45, 7) is 2.33. The van der Waals surface area contributed by atoms with E-state index in [1.54, 1.807) is 6.08 Å². The molecule has 0 fully saturated rings. The molecule has 0 bridgehead atoms. The molecule has 1 aliphatic heterocycles. The Balaban J connectivity index is 2.47. The largest absolute Gasteiger partial charge is 0.479 e. The summed E-state index contributed by atoms with van der Waals surface area (Å²) in [5.41, 5.74) is 0. The van der Waals surface area contributed by atoms with Gasteiger partial charge in [-0.05, 0) is 25.8 Å². The van der Waals surface area contributed by atoms with Crippen molar-refractivity contribution >= 4 is 5.97 Å². The van der Waals surface area contributed by atoms with Crippen LogP contribution in [0.25, 0.3) is 0 Å². The SMILES string of the molecule is CCOC1=CCCC(C(=O)O)O1. The van der Waals surface area contributed by atoms with E-state index >= 15 is 0 Å². The third-order valence-corrected chi connectivity index (χ3v) is 1.56. The van der Waals surface area contributed by atoms with Gasteiger partial charge in [-0.25, -0.2) is 4.79 Å². The molecule has 0 aromatic carbocycles. The average Bonchev–Trinajstić information content (AvgIpc) is 2.05. The topological polar surface area (TPSA) is 55.8 Å². The van der Waals surface area contributed by atoms with Crippen molar-refractivity contribution in [3.63, 3.8) is 0 Å². The third-order valence-electron chi connectivity index (χ3n) is 1.56. The predicted octanol–water partition coefficient (Wildman–Crippen LogP) is 1.13. The number of carboxylic acids is 1. The highest BCUT2D eigenvalue weighted by atomic mass is 16.7. The molecule has 1 N–H and O–H groups in total. The zero-order valence-corrected chi connectivity index (χ0v) is 6.95. The smallest absolute Gasteiger partial charge is 0.345 e. The highest BCUT2D eigenvalue weighted by Gasteiger charge is 2.23. The van der Waals surface area contributed by atoms with Gasteiger partial charge in [0, 0.05) is 0 Å². The van der Waals surface area contributed by atoms with Crippen LogP contribution in [0.3, 0.4) is 0 Å². The summed E-state index contributed by atoms with van der Waals surface area (Å²) in [5.74, 6) is -0.587. The number of hydrogen-bond acceptors (Lipinski definition) is 3. The Morgan fingerprint density at radius 3 is 3.25 bits per heavy atom. The maximum atomic E-state index is 10.5. The fourth-order valence-electron chi connectivity index (χ4n) is 1.01. The van der Waals surface area contributed by atoms with Gasteiger partial charge in [0.15, 0.2) is 6.10 Å². The van der Waals surface area contributed by atoms with E-state index in [-0.39, 0.29) is 0 Å². The molecule has 1 atom stereocenters. The van der Waals surface area contributed by atoms with Crippen molar-refractivity contribution in [2.45, 2.75) is 25.9 Å². The van der Waals surface area contributed by atoms with Crippen LogP contribution in [0.5, 0.6) is 0 Å². The lowest BCUT2D eigenvalue weighted by Gasteiger charge is -2.20. The quantitative estimate of drug-likeness (QED) is 0.693. The van der Waals surface area contributed by atoms with Gasteiger partial charge in [-0.1, -0.05) is 0 Å². The Morgan fingerprint density at radius 2 is 2.67 bits per heavy atom. The van der Waals surface area contributed by atoms with Gasteiger partial charge >= 0.3 is 5.97 Å². The molecule has 1 aliphatic rings. The molecule has 0 amide bonds. The van der Waals surface area contributed by atoms with Crippen molar-refractivity contribution in [1.29, 1.82) is 0 Å². The van der Waals surface area contributed by atoms with Crippen molar-refractivity contribution in [1.82, 2.24) is 0 Å². The first kappa shape index (κ1) is 8.90. The van der Waals surface area contributed by atoms with E-state index in [0.29, 0.717) is 25.4 Å². The molecule has 1 unspecified atom stereocenters. The first-order valence-corrected chi connectivity index (χ1v) is 3.96. The summed E-state index contributed by atoms with van der Waals surface area (Å²) in [4.78, 5) is 10.5. The number of hydrogen-bond donors (Lipinski definition) is 1. The number of carboxylic acid groups (broad SMARTS) is 1. The molecule has 12 heavy (non-hydrogen) atoms. The van der Waals surface area contributed by atoms with Crippen LogP contribution in [-0.4, -0.2) is 23.8 Å². The van der Waals surface area contributed by atoms with Crippen molar-refractivity contribution in [3.8, 4) is 0 Å². The molecule has 68 valence electrons. The van der Waals surface area contributed by atoms with Crippen LogP contribution in [0.1, 0.15) is 19.8 Å². The summed E-state index contributed by atoms with van der Waals surface area (Å²) >= 11 is 0. The Hall–Kier alpha value is -1.19. The minimum Gasteiger partial charge on any atom is -0.479 e. The Morgan fingerprint density at radius 1 is 1.92 bits per heavy atom. The van der Waals surface area contributed by atoms with E-state index in [0.717, 1.165) is 0 Å². The standard InChI is InChI=1S/C8H12O4/c1-2-11-7-5-3-4-6(12-7)8(9)10/h5-6H,2-4H2,1H3,(H,9,10). The average molecular weight is 172 g/mol. The molecule has 4 heteroatoms. The lowest BCUT2D eigenvalue weighted by atomic mass is 10.1. The van der Waals surface area contributed by atoms with Gasteiger partial charge in [-0.15, -0.1) is 0 Å². The second-order valence-electron chi connectivity index (χ2n) is 2.48. The number of aliphatic carboxylic acids is 1. The molecule has 4 nitrogen and oxygen atoms in total. The van der Waals surface area contributed by atoms with Crippen molar-refractivity contribution in [2.75, 3.05) is 6.61 Å². The number of rotatable bonds is 3.